The first kappa shape index (κ1) is 29.1. The van der Waals surface area contributed by atoms with Gasteiger partial charge in [-0.25, -0.2) is 0 Å². The summed E-state index contributed by atoms with van der Waals surface area (Å²) in [6.45, 7) is 1.18. The number of carbonyl (C=O) groups excluding carboxylic acids is 2. The number of alkyl halides is 3. The molecule has 0 radical (unpaired) electrons. The zero-order valence-electron chi connectivity index (χ0n) is 22.3. The lowest BCUT2D eigenvalue weighted by atomic mass is 9.89. The van der Waals surface area contributed by atoms with Gasteiger partial charge in [0, 0.05) is 27.2 Å². The molecule has 39 heavy (non-hydrogen) atoms. The third-order valence-corrected chi connectivity index (χ3v) is 8.08. The molecule has 4 rings (SSSR count). The molecule has 3 atom stereocenters. The van der Waals surface area contributed by atoms with Gasteiger partial charge in [0.2, 0.25) is 5.91 Å². The molecule has 1 saturated carbocycles. The van der Waals surface area contributed by atoms with Crippen molar-refractivity contribution in [2.75, 3.05) is 40.9 Å². The van der Waals surface area contributed by atoms with E-state index in [2.05, 4.69) is 0 Å². The van der Waals surface area contributed by atoms with Crippen LogP contribution in [0, 0.1) is 17.8 Å². The van der Waals surface area contributed by atoms with E-state index in [0.29, 0.717) is 66.6 Å². The van der Waals surface area contributed by atoms with Crippen LogP contribution < -0.4 is 9.47 Å². The number of methoxy groups -OCH3 is 1. The maximum absolute atomic E-state index is 13.9. The Labute approximate surface area is 232 Å². The summed E-state index contributed by atoms with van der Waals surface area (Å²) in [7, 11) is 4.71. The maximum atomic E-state index is 13.9. The van der Waals surface area contributed by atoms with Gasteiger partial charge in [-0.05, 0) is 79.3 Å². The lowest BCUT2D eigenvalue weighted by Gasteiger charge is -2.35. The third-order valence-electron chi connectivity index (χ3n) is 7.77. The fourth-order valence-corrected chi connectivity index (χ4v) is 5.78. The van der Waals surface area contributed by atoms with Crippen LogP contribution in [0.4, 0.5) is 13.2 Å². The van der Waals surface area contributed by atoms with Crippen molar-refractivity contribution in [1.82, 2.24) is 9.80 Å². The van der Waals surface area contributed by atoms with Crippen LogP contribution in [-0.2, 0) is 4.79 Å². The Bertz CT molecular complexity index is 1180. The molecule has 0 N–H and O–H groups in total. The second kappa shape index (κ2) is 12.1. The van der Waals surface area contributed by atoms with E-state index in [-0.39, 0.29) is 17.2 Å². The van der Waals surface area contributed by atoms with Crippen LogP contribution in [0.5, 0.6) is 11.5 Å². The van der Waals surface area contributed by atoms with Crippen LogP contribution in [0.1, 0.15) is 47.5 Å². The number of hydrogen-bond acceptors (Lipinski definition) is 4. The molecule has 2 aliphatic rings. The minimum atomic E-state index is -4.69. The molecule has 2 aromatic carbocycles. The van der Waals surface area contributed by atoms with E-state index in [9.17, 15) is 22.8 Å². The molecule has 2 aromatic rings. The van der Waals surface area contributed by atoms with Gasteiger partial charge >= 0.3 is 6.18 Å². The Morgan fingerprint density at radius 2 is 1.82 bits per heavy atom. The van der Waals surface area contributed by atoms with E-state index < -0.39 is 18.0 Å². The molecule has 2 fully saturated rings. The maximum Gasteiger partial charge on any atom is 0.404 e. The average Bonchev–Trinajstić information content (AvgIpc) is 3.67. The second-order valence-corrected chi connectivity index (χ2v) is 11.0. The number of carbonyl (C=O) groups is 2. The van der Waals surface area contributed by atoms with Crippen LogP contribution in [0.25, 0.3) is 0 Å². The van der Waals surface area contributed by atoms with Crippen molar-refractivity contribution in [2.24, 2.45) is 17.8 Å². The van der Waals surface area contributed by atoms with Crippen molar-refractivity contribution in [3.63, 3.8) is 0 Å². The van der Waals surface area contributed by atoms with Crippen molar-refractivity contribution in [1.29, 1.82) is 0 Å². The number of ether oxygens (including phenoxy) is 2. The molecule has 3 unspecified atom stereocenters. The fraction of sp³-hybridized carbons (Fsp3) is 0.517. The smallest absolute Gasteiger partial charge is 0.404 e. The van der Waals surface area contributed by atoms with E-state index >= 15 is 0 Å². The van der Waals surface area contributed by atoms with Gasteiger partial charge in [-0.15, -0.1) is 0 Å². The Kier molecular flexibility index (Phi) is 8.99. The molecule has 1 aliphatic heterocycles. The molecule has 0 aromatic heterocycles. The van der Waals surface area contributed by atoms with Gasteiger partial charge in [0.1, 0.15) is 11.5 Å². The molecule has 0 spiro atoms. The van der Waals surface area contributed by atoms with E-state index in [1.807, 2.05) is 0 Å². The summed E-state index contributed by atoms with van der Waals surface area (Å²) >= 11 is 6.25. The third kappa shape index (κ3) is 6.99. The van der Waals surface area contributed by atoms with Gasteiger partial charge in [0.15, 0.2) is 5.92 Å². The number of rotatable bonds is 9. The summed E-state index contributed by atoms with van der Waals surface area (Å²) in [5.41, 5.74) is 0.322. The quantitative estimate of drug-likeness (QED) is 0.371. The van der Waals surface area contributed by atoms with E-state index in [0.717, 1.165) is 12.8 Å². The number of likely N-dealkylation sites (tertiary alicyclic amines) is 1. The molecular formula is C29H34ClF3N2O4. The molecule has 1 saturated heterocycles. The van der Waals surface area contributed by atoms with Gasteiger partial charge in [0.05, 0.1) is 24.3 Å². The van der Waals surface area contributed by atoms with Crippen LogP contribution in [0.2, 0.25) is 5.02 Å². The number of hydrogen-bond donors (Lipinski definition) is 0. The highest BCUT2D eigenvalue weighted by molar-refractivity contribution is 6.34. The molecule has 1 heterocycles. The highest BCUT2D eigenvalue weighted by Gasteiger charge is 2.49. The van der Waals surface area contributed by atoms with Crippen molar-refractivity contribution < 1.29 is 32.2 Å². The van der Waals surface area contributed by atoms with Crippen LogP contribution in [0.3, 0.4) is 0 Å². The van der Waals surface area contributed by atoms with Gasteiger partial charge in [-0.3, -0.25) is 9.59 Å². The minimum Gasteiger partial charge on any atom is -0.497 e. The highest BCUT2D eigenvalue weighted by atomic mass is 35.5. The summed E-state index contributed by atoms with van der Waals surface area (Å²) in [5.74, 6) is -0.967. The van der Waals surface area contributed by atoms with E-state index in [1.54, 1.807) is 38.4 Å². The van der Waals surface area contributed by atoms with Crippen molar-refractivity contribution >= 4 is 23.4 Å². The van der Waals surface area contributed by atoms with Crippen LogP contribution >= 0.6 is 11.6 Å². The normalized spacial score (nSPS) is 20.3. The fourth-order valence-electron chi connectivity index (χ4n) is 5.53. The second-order valence-electron chi connectivity index (χ2n) is 10.6. The first-order valence-electron chi connectivity index (χ1n) is 13.1. The van der Waals surface area contributed by atoms with Gasteiger partial charge in [0.25, 0.3) is 5.91 Å². The average molecular weight is 567 g/mol. The summed E-state index contributed by atoms with van der Waals surface area (Å²) in [6.07, 6.45) is -1.35. The highest BCUT2D eigenvalue weighted by Crippen LogP contribution is 2.50. The Balaban J connectivity index is 1.25. The Hall–Kier alpha value is -2.94. The standard InChI is InChI=1S/C29H34ClF3N2O4/c1-34(2)27(36)23-8-7-22(17-25(23)30)39-14-11-19-16-24(19)18-9-12-35(13-10-18)28(37)26(29(31,32)33)20-5-4-6-21(15-20)38-3/h4-8,15,17-19,24,26H,9-14,16H2,1-3H3. The minimum absolute atomic E-state index is 0.101. The van der Waals surface area contributed by atoms with E-state index in [1.165, 1.54) is 35.1 Å². The monoisotopic (exact) mass is 566 g/mol. The van der Waals surface area contributed by atoms with Crippen molar-refractivity contribution in [3.8, 4) is 11.5 Å². The Morgan fingerprint density at radius 1 is 1.10 bits per heavy atom. The number of nitrogens with zero attached hydrogens (tertiary/aromatic N) is 2. The molecule has 10 heteroatoms. The molecule has 1 aliphatic carbocycles. The van der Waals surface area contributed by atoms with Gasteiger partial charge in [-0.2, -0.15) is 13.2 Å². The zero-order valence-corrected chi connectivity index (χ0v) is 23.1. The summed E-state index contributed by atoms with van der Waals surface area (Å²) in [4.78, 5) is 28.0. The van der Waals surface area contributed by atoms with E-state index in [4.69, 9.17) is 21.1 Å². The predicted molar refractivity (Wildman–Crippen MR) is 142 cm³/mol. The number of halogens is 4. The molecule has 2 amide bonds. The number of benzene rings is 2. The van der Waals surface area contributed by atoms with Gasteiger partial charge < -0.3 is 19.3 Å². The predicted octanol–water partition coefficient (Wildman–Crippen LogP) is 6.04. The molecular weight excluding hydrogens is 533 g/mol. The van der Waals surface area contributed by atoms with Crippen LogP contribution in [-0.4, -0.2) is 68.7 Å². The molecule has 212 valence electrons. The summed E-state index contributed by atoms with van der Waals surface area (Å²) < 4.78 is 52.7. The van der Waals surface area contributed by atoms with Gasteiger partial charge in [-0.1, -0.05) is 23.7 Å². The summed E-state index contributed by atoms with van der Waals surface area (Å²) in [6, 6.07) is 10.7. The number of amides is 2. The van der Waals surface area contributed by atoms with Crippen molar-refractivity contribution in [3.05, 3.63) is 58.6 Å². The SMILES string of the molecule is COc1cccc(C(C(=O)N2CCC(C3CC3CCOc3ccc(C(=O)N(C)C)c(Cl)c3)CC2)C(F)(F)F)c1. The van der Waals surface area contributed by atoms with Crippen LogP contribution in [0.15, 0.2) is 42.5 Å². The first-order chi connectivity index (χ1) is 18.5. The molecule has 6 nitrogen and oxygen atoms in total. The van der Waals surface area contributed by atoms with Crippen molar-refractivity contribution in [2.45, 2.75) is 37.8 Å². The first-order valence-corrected chi connectivity index (χ1v) is 13.5. The lowest BCUT2D eigenvalue weighted by Crippen LogP contribution is -2.45. The topological polar surface area (TPSA) is 59.1 Å². The lowest BCUT2D eigenvalue weighted by molar-refractivity contribution is -0.173. The largest absolute Gasteiger partial charge is 0.497 e. The molecule has 0 bridgehead atoms. The Morgan fingerprint density at radius 3 is 2.44 bits per heavy atom. The summed E-state index contributed by atoms with van der Waals surface area (Å²) in [5, 5.41) is 0.343. The zero-order chi connectivity index (χ0) is 28.3. The number of piperidine rings is 1.